The third-order valence-electron chi connectivity index (χ3n) is 3.15. The highest BCUT2D eigenvalue weighted by molar-refractivity contribution is 5.81. The number of nitro groups is 2. The summed E-state index contributed by atoms with van der Waals surface area (Å²) in [5.74, 6) is -0.731. The van der Waals surface area contributed by atoms with E-state index in [9.17, 15) is 25.0 Å². The lowest BCUT2D eigenvalue weighted by atomic mass is 10.1. The summed E-state index contributed by atoms with van der Waals surface area (Å²) in [7, 11) is 1.18. The van der Waals surface area contributed by atoms with Crippen molar-refractivity contribution in [3.63, 3.8) is 0 Å². The molecule has 25 heavy (non-hydrogen) atoms. The molecule has 1 atom stereocenters. The average Bonchev–Trinajstić information content (AvgIpc) is 2.56. The predicted octanol–water partition coefficient (Wildman–Crippen LogP) is 0.510. The number of guanidine groups is 1. The molecule has 0 saturated heterocycles. The summed E-state index contributed by atoms with van der Waals surface area (Å²) in [6.07, 6.45) is 0.642. The minimum Gasteiger partial charge on any atom is -0.467 e. The van der Waals surface area contributed by atoms with Crippen LogP contribution in [0.1, 0.15) is 12.8 Å². The van der Waals surface area contributed by atoms with Gasteiger partial charge < -0.3 is 21.5 Å². The third-order valence-corrected chi connectivity index (χ3v) is 3.15. The van der Waals surface area contributed by atoms with Crippen LogP contribution >= 0.6 is 0 Å². The van der Waals surface area contributed by atoms with E-state index in [1.54, 1.807) is 0 Å². The molecule has 12 heteroatoms. The second kappa shape index (κ2) is 9.00. The molecule has 0 unspecified atom stereocenters. The molecule has 12 nitrogen and oxygen atoms in total. The van der Waals surface area contributed by atoms with Gasteiger partial charge in [-0.3, -0.25) is 25.2 Å². The Morgan fingerprint density at radius 2 is 2.00 bits per heavy atom. The van der Waals surface area contributed by atoms with E-state index in [4.69, 9.17) is 11.5 Å². The predicted molar refractivity (Wildman–Crippen MR) is 89.1 cm³/mol. The molecule has 1 aromatic carbocycles. The first-order valence-corrected chi connectivity index (χ1v) is 7.08. The summed E-state index contributed by atoms with van der Waals surface area (Å²) in [5, 5.41) is 24.6. The van der Waals surface area contributed by atoms with E-state index in [1.807, 2.05) is 0 Å². The topological polar surface area (TPSA) is 189 Å². The Kier molecular flexibility index (Phi) is 7.06. The van der Waals surface area contributed by atoms with Gasteiger partial charge in [0.25, 0.3) is 11.4 Å². The molecule has 0 aliphatic carbocycles. The van der Waals surface area contributed by atoms with Gasteiger partial charge in [-0.25, -0.2) is 4.79 Å². The van der Waals surface area contributed by atoms with Crippen LogP contribution in [0.25, 0.3) is 0 Å². The van der Waals surface area contributed by atoms with Crippen LogP contribution in [0.2, 0.25) is 0 Å². The second-order valence-corrected chi connectivity index (χ2v) is 4.88. The van der Waals surface area contributed by atoms with Gasteiger partial charge in [0.05, 0.1) is 23.0 Å². The van der Waals surface area contributed by atoms with Crippen LogP contribution in [0.4, 0.5) is 17.1 Å². The van der Waals surface area contributed by atoms with Crippen molar-refractivity contribution in [2.24, 2.45) is 16.5 Å². The standard InChI is InChI=1S/C13H18N6O6/c1-25-12(20)10(3-2-6-16-13(14)15)17-9-5-4-8(18(21)22)7-11(9)19(23)24/h4-5,7,10,17H,2-3,6H2,1H3,(H4,14,15,16)/t10-/m0/s1. The van der Waals surface area contributed by atoms with Gasteiger partial charge in [0.2, 0.25) is 0 Å². The van der Waals surface area contributed by atoms with Crippen molar-refractivity contribution >= 4 is 29.0 Å². The maximum Gasteiger partial charge on any atom is 0.328 e. The van der Waals surface area contributed by atoms with E-state index in [-0.39, 0.29) is 24.6 Å². The summed E-state index contributed by atoms with van der Waals surface area (Å²) in [6.45, 7) is 0.264. The number of rotatable bonds is 9. The third kappa shape index (κ3) is 5.93. The largest absolute Gasteiger partial charge is 0.467 e. The van der Waals surface area contributed by atoms with Gasteiger partial charge >= 0.3 is 5.97 Å². The number of nitrogens with two attached hydrogens (primary N) is 2. The van der Waals surface area contributed by atoms with Crippen molar-refractivity contribution in [3.8, 4) is 0 Å². The Morgan fingerprint density at radius 3 is 2.52 bits per heavy atom. The molecule has 0 spiro atoms. The molecule has 1 aromatic rings. The van der Waals surface area contributed by atoms with Crippen LogP contribution < -0.4 is 16.8 Å². The number of anilines is 1. The maximum absolute atomic E-state index is 11.9. The maximum atomic E-state index is 11.9. The van der Waals surface area contributed by atoms with Crippen molar-refractivity contribution < 1.29 is 19.4 Å². The molecule has 136 valence electrons. The van der Waals surface area contributed by atoms with Crippen LogP contribution in [0.3, 0.4) is 0 Å². The van der Waals surface area contributed by atoms with Gasteiger partial charge in [-0.2, -0.15) is 0 Å². The first-order valence-electron chi connectivity index (χ1n) is 7.08. The van der Waals surface area contributed by atoms with Crippen molar-refractivity contribution in [2.75, 3.05) is 19.0 Å². The van der Waals surface area contributed by atoms with Gasteiger partial charge in [-0.15, -0.1) is 0 Å². The number of carbonyl (C=O) groups excluding carboxylic acids is 1. The zero-order chi connectivity index (χ0) is 19.0. The molecule has 0 bridgehead atoms. The first-order chi connectivity index (χ1) is 11.8. The van der Waals surface area contributed by atoms with E-state index >= 15 is 0 Å². The molecule has 0 aliphatic rings. The molecule has 0 aromatic heterocycles. The fraction of sp³-hybridized carbons (Fsp3) is 0.385. The van der Waals surface area contributed by atoms with E-state index in [1.165, 1.54) is 13.2 Å². The van der Waals surface area contributed by atoms with Crippen LogP contribution in [-0.2, 0) is 9.53 Å². The molecule has 0 heterocycles. The highest BCUT2D eigenvalue weighted by atomic mass is 16.6. The minimum absolute atomic E-state index is 0.0344. The van der Waals surface area contributed by atoms with E-state index in [0.29, 0.717) is 6.42 Å². The van der Waals surface area contributed by atoms with E-state index in [2.05, 4.69) is 15.0 Å². The lowest BCUT2D eigenvalue weighted by Crippen LogP contribution is -2.31. The van der Waals surface area contributed by atoms with Crippen LogP contribution in [-0.4, -0.2) is 41.5 Å². The molecule has 1 rings (SSSR count). The molecule has 0 saturated carbocycles. The van der Waals surface area contributed by atoms with Crippen molar-refractivity contribution in [2.45, 2.75) is 18.9 Å². The van der Waals surface area contributed by atoms with E-state index < -0.39 is 33.2 Å². The van der Waals surface area contributed by atoms with Gasteiger partial charge in [0.15, 0.2) is 5.96 Å². The van der Waals surface area contributed by atoms with Crippen molar-refractivity contribution in [1.82, 2.24) is 0 Å². The number of carbonyl (C=O) groups is 1. The highest BCUT2D eigenvalue weighted by Gasteiger charge is 2.25. The zero-order valence-corrected chi connectivity index (χ0v) is 13.4. The number of non-ortho nitro benzene ring substituents is 1. The quantitative estimate of drug-likeness (QED) is 0.142. The fourth-order valence-corrected chi connectivity index (χ4v) is 1.99. The summed E-state index contributed by atoms with van der Waals surface area (Å²) >= 11 is 0. The number of esters is 1. The van der Waals surface area contributed by atoms with Crippen LogP contribution in [0.5, 0.6) is 0 Å². The summed E-state index contributed by atoms with van der Waals surface area (Å²) in [6, 6.07) is 2.18. The Morgan fingerprint density at radius 1 is 1.32 bits per heavy atom. The van der Waals surface area contributed by atoms with Crippen molar-refractivity contribution in [3.05, 3.63) is 38.4 Å². The lowest BCUT2D eigenvalue weighted by Gasteiger charge is -2.17. The molecular formula is C13H18N6O6. The normalized spacial score (nSPS) is 11.2. The number of hydrogen-bond acceptors (Lipinski definition) is 8. The van der Waals surface area contributed by atoms with Gasteiger partial charge in [-0.05, 0) is 18.9 Å². The monoisotopic (exact) mass is 354 g/mol. The lowest BCUT2D eigenvalue weighted by molar-refractivity contribution is -0.393. The second-order valence-electron chi connectivity index (χ2n) is 4.88. The number of ether oxygens (including phenoxy) is 1. The Balaban J connectivity index is 2.99. The Bertz CT molecular complexity index is 688. The summed E-state index contributed by atoms with van der Waals surface area (Å²) < 4.78 is 4.66. The van der Waals surface area contributed by atoms with E-state index in [0.717, 1.165) is 12.1 Å². The molecule has 0 fully saturated rings. The number of hydrogen-bond donors (Lipinski definition) is 3. The van der Waals surface area contributed by atoms with Crippen LogP contribution in [0.15, 0.2) is 23.2 Å². The Hall–Kier alpha value is -3.44. The number of nitrogens with zero attached hydrogens (tertiary/aromatic N) is 3. The van der Waals surface area contributed by atoms with Crippen molar-refractivity contribution in [1.29, 1.82) is 0 Å². The smallest absolute Gasteiger partial charge is 0.328 e. The number of aliphatic imine (C=N–C) groups is 1. The van der Waals surface area contributed by atoms with Gasteiger partial charge in [-0.1, -0.05) is 0 Å². The average molecular weight is 354 g/mol. The minimum atomic E-state index is -0.903. The highest BCUT2D eigenvalue weighted by Crippen LogP contribution is 2.30. The SMILES string of the molecule is COC(=O)[C@H](CCCN=C(N)N)Nc1ccc([N+](=O)[O-])cc1[N+](=O)[O-]. The molecule has 0 radical (unpaired) electrons. The number of nitrogens with one attached hydrogen (secondary N) is 1. The van der Waals surface area contributed by atoms with Gasteiger partial charge in [0.1, 0.15) is 11.7 Å². The molecule has 5 N–H and O–H groups in total. The molecule has 0 amide bonds. The molecular weight excluding hydrogens is 336 g/mol. The van der Waals surface area contributed by atoms with Crippen LogP contribution in [0, 0.1) is 20.2 Å². The van der Waals surface area contributed by atoms with Gasteiger partial charge in [0, 0.05) is 12.6 Å². The number of nitro benzene ring substituents is 2. The summed E-state index contributed by atoms with van der Waals surface area (Å²) in [4.78, 5) is 36.0. The summed E-state index contributed by atoms with van der Waals surface area (Å²) in [5.41, 5.74) is 9.42. The molecule has 0 aliphatic heterocycles. The first kappa shape index (κ1) is 19.6. The zero-order valence-electron chi connectivity index (χ0n) is 13.4. The number of benzene rings is 1. The number of methoxy groups -OCH3 is 1. The fourth-order valence-electron chi connectivity index (χ4n) is 1.99. The Labute approximate surface area is 142 Å².